The Kier molecular flexibility index (Phi) is 5.88. The molecule has 134 valence electrons. The monoisotopic (exact) mass is 349 g/mol. The van der Waals surface area contributed by atoms with Crippen molar-refractivity contribution in [3.8, 4) is 11.8 Å². The van der Waals surface area contributed by atoms with E-state index in [9.17, 15) is 4.79 Å². The van der Waals surface area contributed by atoms with E-state index in [0.29, 0.717) is 17.9 Å². The van der Waals surface area contributed by atoms with Crippen molar-refractivity contribution < 1.29 is 9.53 Å². The third-order valence-corrected chi connectivity index (χ3v) is 4.65. The van der Waals surface area contributed by atoms with Gasteiger partial charge in [-0.1, -0.05) is 30.3 Å². The summed E-state index contributed by atoms with van der Waals surface area (Å²) >= 11 is 0. The first-order chi connectivity index (χ1) is 12.7. The smallest absolute Gasteiger partial charge is 0.260 e. The predicted molar refractivity (Wildman–Crippen MR) is 99.6 cm³/mol. The molecule has 0 bridgehead atoms. The summed E-state index contributed by atoms with van der Waals surface area (Å²) < 4.78 is 5.55. The van der Waals surface area contributed by atoms with E-state index in [1.165, 1.54) is 0 Å². The summed E-state index contributed by atoms with van der Waals surface area (Å²) in [4.78, 5) is 14.2. The molecule has 2 aromatic carbocycles. The van der Waals surface area contributed by atoms with Gasteiger partial charge in [-0.25, -0.2) is 0 Å². The Morgan fingerprint density at radius 3 is 2.88 bits per heavy atom. The van der Waals surface area contributed by atoms with Crippen LogP contribution < -0.4 is 10.1 Å². The molecule has 2 unspecified atom stereocenters. The van der Waals surface area contributed by atoms with Gasteiger partial charge in [0.2, 0.25) is 0 Å². The van der Waals surface area contributed by atoms with Gasteiger partial charge in [0.15, 0.2) is 6.61 Å². The van der Waals surface area contributed by atoms with E-state index in [0.717, 1.165) is 18.5 Å². The lowest BCUT2D eigenvalue weighted by Gasteiger charge is -2.21. The van der Waals surface area contributed by atoms with Crippen molar-refractivity contribution in [1.29, 1.82) is 5.26 Å². The van der Waals surface area contributed by atoms with Crippen LogP contribution in [0.15, 0.2) is 54.6 Å². The fraction of sp³-hybridized carbons (Fsp3) is 0.333. The molecule has 1 aliphatic rings. The number of carbonyl (C=O) groups is 1. The average molecular weight is 349 g/mol. The lowest BCUT2D eigenvalue weighted by atomic mass is 10.0. The second-order valence-corrected chi connectivity index (χ2v) is 6.55. The van der Waals surface area contributed by atoms with E-state index in [2.05, 4.69) is 18.3 Å². The Morgan fingerprint density at radius 2 is 2.12 bits per heavy atom. The van der Waals surface area contributed by atoms with Crippen LogP contribution in [-0.4, -0.2) is 36.5 Å². The standard InChI is InChI=1S/C21H23N3O2/c1-16(18-7-5-6-17(12-18)13-22)23-19-10-11-24(14-19)21(25)15-26-20-8-3-2-4-9-20/h2-9,12,16,19,23H,10-11,14-15H2,1H3. The number of para-hydroxylation sites is 1. The van der Waals surface area contributed by atoms with Crippen LogP contribution in [0, 0.1) is 11.3 Å². The predicted octanol–water partition coefficient (Wildman–Crippen LogP) is 2.89. The van der Waals surface area contributed by atoms with Crippen LogP contribution >= 0.6 is 0 Å². The van der Waals surface area contributed by atoms with Gasteiger partial charge in [0.1, 0.15) is 5.75 Å². The molecule has 5 nitrogen and oxygen atoms in total. The van der Waals surface area contributed by atoms with Crippen LogP contribution in [0.4, 0.5) is 0 Å². The van der Waals surface area contributed by atoms with Crippen LogP contribution in [0.2, 0.25) is 0 Å². The minimum Gasteiger partial charge on any atom is -0.484 e. The molecule has 3 rings (SSSR count). The lowest BCUT2D eigenvalue weighted by Crippen LogP contribution is -2.38. The summed E-state index contributed by atoms with van der Waals surface area (Å²) in [5.74, 6) is 0.720. The third-order valence-electron chi connectivity index (χ3n) is 4.65. The van der Waals surface area contributed by atoms with Crippen molar-refractivity contribution in [3.63, 3.8) is 0 Å². The molecule has 0 radical (unpaired) electrons. The second-order valence-electron chi connectivity index (χ2n) is 6.55. The number of benzene rings is 2. The zero-order valence-corrected chi connectivity index (χ0v) is 14.9. The lowest BCUT2D eigenvalue weighted by molar-refractivity contribution is -0.132. The minimum atomic E-state index is 0.0114. The van der Waals surface area contributed by atoms with E-state index in [4.69, 9.17) is 10.00 Å². The Morgan fingerprint density at radius 1 is 1.31 bits per heavy atom. The fourth-order valence-corrected chi connectivity index (χ4v) is 3.20. The molecule has 1 saturated heterocycles. The number of nitriles is 1. The Hall–Kier alpha value is -2.84. The van der Waals surface area contributed by atoms with E-state index < -0.39 is 0 Å². The molecular formula is C21H23N3O2. The molecule has 2 atom stereocenters. The topological polar surface area (TPSA) is 65.4 Å². The molecule has 1 fully saturated rings. The van der Waals surface area contributed by atoms with Crippen molar-refractivity contribution in [1.82, 2.24) is 10.2 Å². The van der Waals surface area contributed by atoms with Gasteiger partial charge < -0.3 is 15.0 Å². The number of amides is 1. The molecule has 0 saturated carbocycles. The number of hydrogen-bond acceptors (Lipinski definition) is 4. The highest BCUT2D eigenvalue weighted by Gasteiger charge is 2.27. The number of ether oxygens (including phenoxy) is 1. The minimum absolute atomic E-state index is 0.0114. The van der Waals surface area contributed by atoms with Gasteiger partial charge in [-0.2, -0.15) is 5.26 Å². The van der Waals surface area contributed by atoms with Crippen molar-refractivity contribution >= 4 is 5.91 Å². The summed E-state index contributed by atoms with van der Waals surface area (Å²) in [7, 11) is 0. The summed E-state index contributed by atoms with van der Waals surface area (Å²) in [6.45, 7) is 3.56. The van der Waals surface area contributed by atoms with E-state index in [1.807, 2.05) is 53.4 Å². The molecule has 5 heteroatoms. The second kappa shape index (κ2) is 8.50. The highest BCUT2D eigenvalue weighted by atomic mass is 16.5. The zero-order valence-electron chi connectivity index (χ0n) is 14.9. The maximum Gasteiger partial charge on any atom is 0.260 e. The maximum absolute atomic E-state index is 12.3. The number of rotatable bonds is 6. The van der Waals surface area contributed by atoms with Gasteiger partial charge in [0.05, 0.1) is 11.6 Å². The first-order valence-corrected chi connectivity index (χ1v) is 8.87. The average Bonchev–Trinajstić information content (AvgIpc) is 3.15. The largest absolute Gasteiger partial charge is 0.484 e. The summed E-state index contributed by atoms with van der Waals surface area (Å²) in [6, 6.07) is 19.6. The van der Waals surface area contributed by atoms with Gasteiger partial charge >= 0.3 is 0 Å². The molecule has 1 amide bonds. The zero-order chi connectivity index (χ0) is 18.4. The molecule has 1 aliphatic heterocycles. The quantitative estimate of drug-likeness (QED) is 0.871. The number of nitrogens with zero attached hydrogens (tertiary/aromatic N) is 2. The first kappa shape index (κ1) is 18.0. The molecule has 1 heterocycles. The molecule has 2 aromatic rings. The molecule has 26 heavy (non-hydrogen) atoms. The molecular weight excluding hydrogens is 326 g/mol. The van der Waals surface area contributed by atoms with Gasteiger partial charge in [0, 0.05) is 25.2 Å². The summed E-state index contributed by atoms with van der Waals surface area (Å²) in [5, 5.41) is 12.6. The molecule has 0 aliphatic carbocycles. The van der Waals surface area contributed by atoms with Crippen molar-refractivity contribution in [2.75, 3.05) is 19.7 Å². The van der Waals surface area contributed by atoms with Crippen LogP contribution in [0.3, 0.4) is 0 Å². The number of likely N-dealkylation sites (tertiary alicyclic amines) is 1. The van der Waals surface area contributed by atoms with E-state index in [1.54, 1.807) is 6.07 Å². The highest BCUT2D eigenvalue weighted by Crippen LogP contribution is 2.18. The molecule has 0 spiro atoms. The maximum atomic E-state index is 12.3. The van der Waals surface area contributed by atoms with Crippen molar-refractivity contribution in [2.45, 2.75) is 25.4 Å². The summed E-state index contributed by atoms with van der Waals surface area (Å²) in [6.07, 6.45) is 0.916. The normalized spacial score (nSPS) is 17.5. The van der Waals surface area contributed by atoms with Gasteiger partial charge in [-0.05, 0) is 43.2 Å². The van der Waals surface area contributed by atoms with Gasteiger partial charge in [0.25, 0.3) is 5.91 Å². The van der Waals surface area contributed by atoms with Crippen LogP contribution in [-0.2, 0) is 4.79 Å². The van der Waals surface area contributed by atoms with Crippen LogP contribution in [0.5, 0.6) is 5.75 Å². The highest BCUT2D eigenvalue weighted by molar-refractivity contribution is 5.78. The number of carbonyl (C=O) groups excluding carboxylic acids is 1. The third kappa shape index (κ3) is 4.62. The van der Waals surface area contributed by atoms with E-state index in [-0.39, 0.29) is 24.6 Å². The molecule has 1 N–H and O–H groups in total. The van der Waals surface area contributed by atoms with Gasteiger partial charge in [-0.3, -0.25) is 4.79 Å². The van der Waals surface area contributed by atoms with Crippen molar-refractivity contribution in [2.24, 2.45) is 0 Å². The number of hydrogen-bond donors (Lipinski definition) is 1. The van der Waals surface area contributed by atoms with Crippen LogP contribution in [0.1, 0.15) is 30.5 Å². The Labute approximate surface area is 154 Å². The molecule has 0 aromatic heterocycles. The Bertz CT molecular complexity index is 785. The SMILES string of the molecule is CC(NC1CCN(C(=O)COc2ccccc2)C1)c1cccc(C#N)c1. The fourth-order valence-electron chi connectivity index (χ4n) is 3.20. The first-order valence-electron chi connectivity index (χ1n) is 8.87. The summed E-state index contributed by atoms with van der Waals surface area (Å²) in [5.41, 5.74) is 1.75. The Balaban J connectivity index is 1.48. The van der Waals surface area contributed by atoms with Gasteiger partial charge in [-0.15, -0.1) is 0 Å². The van der Waals surface area contributed by atoms with Crippen molar-refractivity contribution in [3.05, 3.63) is 65.7 Å². The van der Waals surface area contributed by atoms with Crippen LogP contribution in [0.25, 0.3) is 0 Å². The number of nitrogens with one attached hydrogen (secondary N) is 1. The van der Waals surface area contributed by atoms with E-state index >= 15 is 0 Å².